The molecule has 0 aliphatic carbocycles. The summed E-state index contributed by atoms with van der Waals surface area (Å²) < 4.78 is 0. The van der Waals surface area contributed by atoms with Crippen molar-refractivity contribution in [2.45, 2.75) is 32.1 Å². The molecule has 1 aromatic heterocycles. The molecule has 0 radical (unpaired) electrons. The summed E-state index contributed by atoms with van der Waals surface area (Å²) in [5.74, 6) is 0.505. The minimum Gasteiger partial charge on any atom is -0.371 e. The molecule has 1 aliphatic rings. The fourth-order valence-corrected chi connectivity index (χ4v) is 5.06. The molecule has 2 heterocycles. The standard InChI is InChI=1S/C28H30N4OS/c1-20-5-8-25(18-27(20)31-28(33)30-14-11-26-4-3-17-34-26)21(2)32-15-12-24(13-16-32)23-9-6-22(19-29)7-10-23/h3-10,17-18,24H,2,11-16H2,1H3,(H2,30,31,33). The molecule has 0 saturated carbocycles. The lowest BCUT2D eigenvalue weighted by molar-refractivity contribution is 0.252. The average Bonchev–Trinajstić information content (AvgIpc) is 3.39. The monoisotopic (exact) mass is 470 g/mol. The van der Waals surface area contributed by atoms with Gasteiger partial charge in [-0.15, -0.1) is 11.3 Å². The molecule has 34 heavy (non-hydrogen) atoms. The van der Waals surface area contributed by atoms with Crippen LogP contribution in [0, 0.1) is 18.3 Å². The second-order valence-corrected chi connectivity index (χ2v) is 9.71. The van der Waals surface area contributed by atoms with E-state index in [2.05, 4.69) is 52.4 Å². The van der Waals surface area contributed by atoms with Gasteiger partial charge >= 0.3 is 6.03 Å². The van der Waals surface area contributed by atoms with Gasteiger partial charge in [0.1, 0.15) is 0 Å². The minimum atomic E-state index is -0.189. The molecular formula is C28H30N4OS. The normalized spacial score (nSPS) is 13.8. The molecule has 3 aromatic rings. The molecule has 5 nitrogen and oxygen atoms in total. The van der Waals surface area contributed by atoms with Crippen LogP contribution in [0.25, 0.3) is 5.70 Å². The van der Waals surface area contributed by atoms with Crippen LogP contribution in [0.3, 0.4) is 0 Å². The maximum atomic E-state index is 12.4. The molecule has 0 unspecified atom stereocenters. The third-order valence-corrected chi connectivity index (χ3v) is 7.38. The molecule has 2 N–H and O–H groups in total. The van der Waals surface area contributed by atoms with Crippen LogP contribution in [0.4, 0.5) is 10.5 Å². The predicted molar refractivity (Wildman–Crippen MR) is 140 cm³/mol. The molecule has 6 heteroatoms. The van der Waals surface area contributed by atoms with Gasteiger partial charge in [-0.3, -0.25) is 0 Å². The fraction of sp³-hybridized carbons (Fsp3) is 0.286. The number of likely N-dealkylation sites (tertiary alicyclic amines) is 1. The van der Waals surface area contributed by atoms with Crippen LogP contribution in [0.1, 0.15) is 45.9 Å². The second kappa shape index (κ2) is 11.0. The van der Waals surface area contributed by atoms with Crippen molar-refractivity contribution in [3.05, 3.63) is 93.7 Å². The Morgan fingerprint density at radius 3 is 2.62 bits per heavy atom. The number of carbonyl (C=O) groups excluding carboxylic acids is 1. The van der Waals surface area contributed by atoms with Crippen molar-refractivity contribution in [1.29, 1.82) is 5.26 Å². The van der Waals surface area contributed by atoms with Crippen LogP contribution < -0.4 is 10.6 Å². The van der Waals surface area contributed by atoms with E-state index in [-0.39, 0.29) is 6.03 Å². The summed E-state index contributed by atoms with van der Waals surface area (Å²) in [6.45, 7) is 8.83. The topological polar surface area (TPSA) is 68.2 Å². The molecule has 174 valence electrons. The van der Waals surface area contributed by atoms with Crippen LogP contribution in [0.2, 0.25) is 0 Å². The lowest BCUT2D eigenvalue weighted by Crippen LogP contribution is -2.32. The highest BCUT2D eigenvalue weighted by Crippen LogP contribution is 2.32. The predicted octanol–water partition coefficient (Wildman–Crippen LogP) is 6.14. The summed E-state index contributed by atoms with van der Waals surface area (Å²) in [7, 11) is 0. The Morgan fingerprint density at radius 1 is 1.18 bits per heavy atom. The van der Waals surface area contributed by atoms with Gasteiger partial charge in [0.2, 0.25) is 0 Å². The third kappa shape index (κ3) is 5.86. The zero-order chi connectivity index (χ0) is 23.9. The van der Waals surface area contributed by atoms with E-state index in [1.165, 1.54) is 10.4 Å². The van der Waals surface area contributed by atoms with Crippen molar-refractivity contribution in [3.63, 3.8) is 0 Å². The number of nitrogens with zero attached hydrogens (tertiary/aromatic N) is 2. The highest BCUT2D eigenvalue weighted by atomic mass is 32.1. The number of rotatable bonds is 7. The Morgan fingerprint density at radius 2 is 1.94 bits per heavy atom. The van der Waals surface area contributed by atoms with Gasteiger partial charge in [-0.05, 0) is 78.4 Å². The Balaban J connectivity index is 1.32. The molecule has 0 bridgehead atoms. The molecule has 2 aromatic carbocycles. The van der Waals surface area contributed by atoms with Crippen molar-refractivity contribution in [1.82, 2.24) is 10.2 Å². The van der Waals surface area contributed by atoms with E-state index in [0.717, 1.165) is 54.9 Å². The number of nitriles is 1. The van der Waals surface area contributed by atoms with Gasteiger partial charge in [0.05, 0.1) is 11.6 Å². The quantitative estimate of drug-likeness (QED) is 0.436. The SMILES string of the molecule is C=C(c1ccc(C)c(NC(=O)NCCc2cccs2)c1)N1CCC(c2ccc(C#N)cc2)CC1. The van der Waals surface area contributed by atoms with Gasteiger partial charge < -0.3 is 15.5 Å². The molecule has 1 saturated heterocycles. The van der Waals surface area contributed by atoms with E-state index in [4.69, 9.17) is 5.26 Å². The van der Waals surface area contributed by atoms with Crippen molar-refractivity contribution < 1.29 is 4.79 Å². The number of aryl methyl sites for hydroxylation is 1. The van der Waals surface area contributed by atoms with Crippen molar-refractivity contribution in [2.24, 2.45) is 0 Å². The Kier molecular flexibility index (Phi) is 7.66. The molecule has 1 fully saturated rings. The van der Waals surface area contributed by atoms with Crippen LogP contribution >= 0.6 is 11.3 Å². The lowest BCUT2D eigenvalue weighted by Gasteiger charge is -2.35. The highest BCUT2D eigenvalue weighted by molar-refractivity contribution is 7.09. The van der Waals surface area contributed by atoms with Crippen molar-refractivity contribution in [2.75, 3.05) is 25.0 Å². The Labute approximate surface area is 205 Å². The summed E-state index contributed by atoms with van der Waals surface area (Å²) in [4.78, 5) is 16.0. The first-order chi connectivity index (χ1) is 16.5. The van der Waals surface area contributed by atoms with Gasteiger partial charge in [-0.25, -0.2) is 4.79 Å². The zero-order valence-electron chi connectivity index (χ0n) is 19.5. The number of hydrogen-bond donors (Lipinski definition) is 2. The van der Waals surface area contributed by atoms with Gasteiger partial charge in [-0.2, -0.15) is 5.26 Å². The minimum absolute atomic E-state index is 0.189. The first-order valence-corrected chi connectivity index (χ1v) is 12.5. The molecule has 0 atom stereocenters. The number of carbonyl (C=O) groups is 1. The summed E-state index contributed by atoms with van der Waals surface area (Å²) in [6, 6.07) is 20.2. The zero-order valence-corrected chi connectivity index (χ0v) is 20.3. The van der Waals surface area contributed by atoms with Gasteiger partial charge in [0.15, 0.2) is 0 Å². The number of thiophene rings is 1. The molecular weight excluding hydrogens is 440 g/mol. The lowest BCUT2D eigenvalue weighted by atomic mass is 9.88. The summed E-state index contributed by atoms with van der Waals surface area (Å²) in [5, 5.41) is 17.0. The fourth-order valence-electron chi connectivity index (χ4n) is 4.35. The Hall–Kier alpha value is -3.56. The van der Waals surface area contributed by atoms with Crippen LogP contribution in [0.15, 0.2) is 66.6 Å². The maximum Gasteiger partial charge on any atom is 0.319 e. The second-order valence-electron chi connectivity index (χ2n) is 8.68. The van der Waals surface area contributed by atoms with Crippen molar-refractivity contribution in [3.8, 4) is 6.07 Å². The van der Waals surface area contributed by atoms with Gasteiger partial charge in [-0.1, -0.05) is 36.9 Å². The molecule has 4 rings (SSSR count). The summed E-state index contributed by atoms with van der Waals surface area (Å²) in [6.07, 6.45) is 2.93. The number of nitrogens with one attached hydrogen (secondary N) is 2. The molecule has 2 amide bonds. The van der Waals surface area contributed by atoms with Gasteiger partial charge in [0.25, 0.3) is 0 Å². The molecule has 1 aliphatic heterocycles. The van der Waals surface area contributed by atoms with E-state index >= 15 is 0 Å². The van der Waals surface area contributed by atoms with E-state index < -0.39 is 0 Å². The smallest absolute Gasteiger partial charge is 0.319 e. The van der Waals surface area contributed by atoms with Crippen LogP contribution in [0.5, 0.6) is 0 Å². The number of anilines is 1. The van der Waals surface area contributed by atoms with Crippen LogP contribution in [-0.2, 0) is 6.42 Å². The van der Waals surface area contributed by atoms with E-state index in [9.17, 15) is 4.79 Å². The number of benzene rings is 2. The maximum absolute atomic E-state index is 12.4. The Bertz CT molecular complexity index is 1170. The number of piperidine rings is 1. The van der Waals surface area contributed by atoms with Crippen molar-refractivity contribution >= 4 is 28.8 Å². The number of amides is 2. The summed E-state index contributed by atoms with van der Waals surface area (Å²) in [5.41, 5.74) is 5.84. The third-order valence-electron chi connectivity index (χ3n) is 6.44. The highest BCUT2D eigenvalue weighted by Gasteiger charge is 2.22. The number of hydrogen-bond acceptors (Lipinski definition) is 4. The van der Waals surface area contributed by atoms with Crippen LogP contribution in [-0.4, -0.2) is 30.6 Å². The summed E-state index contributed by atoms with van der Waals surface area (Å²) >= 11 is 1.70. The first kappa shape index (κ1) is 23.6. The van der Waals surface area contributed by atoms with E-state index in [1.54, 1.807) is 11.3 Å². The molecule has 0 spiro atoms. The van der Waals surface area contributed by atoms with E-state index in [0.29, 0.717) is 18.0 Å². The van der Waals surface area contributed by atoms with E-state index in [1.807, 2.05) is 42.6 Å². The number of urea groups is 1. The van der Waals surface area contributed by atoms with Gasteiger partial charge in [0, 0.05) is 35.9 Å². The average molecular weight is 471 g/mol. The first-order valence-electron chi connectivity index (χ1n) is 11.7. The largest absolute Gasteiger partial charge is 0.371 e.